The lowest BCUT2D eigenvalue weighted by Gasteiger charge is -2.11. The summed E-state index contributed by atoms with van der Waals surface area (Å²) in [6.45, 7) is 0. The normalized spacial score (nSPS) is 10.3. The molecule has 0 spiro atoms. The molecule has 0 saturated carbocycles. The summed E-state index contributed by atoms with van der Waals surface area (Å²) >= 11 is 0. The van der Waals surface area contributed by atoms with Crippen molar-refractivity contribution in [3.8, 4) is 11.4 Å². The minimum Gasteiger partial charge on any atom is -0.366 e. The molecule has 0 aliphatic carbocycles. The molecule has 0 aliphatic heterocycles. The van der Waals surface area contributed by atoms with Gasteiger partial charge in [-0.05, 0) is 18.2 Å². The van der Waals surface area contributed by atoms with Gasteiger partial charge in [-0.3, -0.25) is 14.6 Å². The Labute approximate surface area is 102 Å². The van der Waals surface area contributed by atoms with Gasteiger partial charge in [0.2, 0.25) is 0 Å². The fraction of sp³-hybridized carbons (Fsp3) is 0.0833. The number of nitrogens with two attached hydrogens (primary N) is 1. The molecule has 6 heteroatoms. The number of halogens is 1. The number of amides is 1. The molecule has 2 heterocycles. The Bertz CT molecular complexity index is 679. The molecule has 2 aromatic rings. The van der Waals surface area contributed by atoms with Crippen LogP contribution in [0.2, 0.25) is 0 Å². The lowest BCUT2D eigenvalue weighted by atomic mass is 10.1. The number of hydrogen-bond donors (Lipinski definition) is 1. The Kier molecular flexibility index (Phi) is 2.93. The van der Waals surface area contributed by atoms with Crippen LogP contribution in [0.4, 0.5) is 4.39 Å². The summed E-state index contributed by atoms with van der Waals surface area (Å²) in [7, 11) is 1.43. The van der Waals surface area contributed by atoms with E-state index in [0.29, 0.717) is 0 Å². The molecular formula is C12H10FN3O2. The number of primary amides is 1. The molecule has 0 radical (unpaired) electrons. The van der Waals surface area contributed by atoms with E-state index in [1.807, 2.05) is 0 Å². The van der Waals surface area contributed by atoms with Crippen LogP contribution < -0.4 is 11.3 Å². The van der Waals surface area contributed by atoms with Crippen LogP contribution in [0.15, 0.2) is 35.3 Å². The van der Waals surface area contributed by atoms with Gasteiger partial charge in [0, 0.05) is 19.3 Å². The summed E-state index contributed by atoms with van der Waals surface area (Å²) in [5.74, 6) is -1.37. The van der Waals surface area contributed by atoms with Crippen LogP contribution >= 0.6 is 0 Å². The summed E-state index contributed by atoms with van der Waals surface area (Å²) in [6.07, 6.45) is 1.38. The number of carbonyl (C=O) groups is 1. The number of rotatable bonds is 2. The first kappa shape index (κ1) is 12.0. The third kappa shape index (κ3) is 1.88. The zero-order valence-electron chi connectivity index (χ0n) is 9.55. The maximum absolute atomic E-state index is 13.7. The molecule has 18 heavy (non-hydrogen) atoms. The summed E-state index contributed by atoms with van der Waals surface area (Å²) < 4.78 is 14.8. The fourth-order valence-corrected chi connectivity index (χ4v) is 1.68. The van der Waals surface area contributed by atoms with E-state index in [1.54, 1.807) is 0 Å². The van der Waals surface area contributed by atoms with E-state index in [1.165, 1.54) is 37.5 Å². The van der Waals surface area contributed by atoms with Crippen molar-refractivity contribution in [1.29, 1.82) is 0 Å². The lowest BCUT2D eigenvalue weighted by Crippen LogP contribution is -2.23. The summed E-state index contributed by atoms with van der Waals surface area (Å²) in [6, 6.07) is 5.09. The topological polar surface area (TPSA) is 78.0 Å². The second kappa shape index (κ2) is 4.40. The summed E-state index contributed by atoms with van der Waals surface area (Å²) in [4.78, 5) is 26.7. The van der Waals surface area contributed by atoms with Crippen molar-refractivity contribution in [2.45, 2.75) is 0 Å². The number of pyridine rings is 2. The van der Waals surface area contributed by atoms with E-state index in [-0.39, 0.29) is 22.5 Å². The number of nitrogens with zero attached hydrogens (tertiary/aromatic N) is 2. The highest BCUT2D eigenvalue weighted by molar-refractivity contribution is 5.98. The average Bonchev–Trinajstić information content (AvgIpc) is 2.33. The van der Waals surface area contributed by atoms with Gasteiger partial charge >= 0.3 is 0 Å². The van der Waals surface area contributed by atoms with Crippen LogP contribution in [0.25, 0.3) is 11.4 Å². The Morgan fingerprint density at radius 2 is 2.11 bits per heavy atom. The SMILES string of the molecule is Cn1c(-c2ncccc2F)c(C(N)=O)ccc1=O. The molecule has 92 valence electrons. The maximum atomic E-state index is 13.7. The third-order valence-electron chi connectivity index (χ3n) is 2.56. The van der Waals surface area contributed by atoms with Gasteiger partial charge in [-0.2, -0.15) is 0 Å². The van der Waals surface area contributed by atoms with E-state index < -0.39 is 11.7 Å². The zero-order valence-corrected chi connectivity index (χ0v) is 9.55. The van der Waals surface area contributed by atoms with E-state index in [2.05, 4.69) is 4.98 Å². The molecule has 0 atom stereocenters. The molecule has 0 fully saturated rings. The van der Waals surface area contributed by atoms with Gasteiger partial charge in [-0.15, -0.1) is 0 Å². The fourth-order valence-electron chi connectivity index (χ4n) is 1.68. The van der Waals surface area contributed by atoms with Gasteiger partial charge < -0.3 is 10.3 Å². The zero-order chi connectivity index (χ0) is 13.3. The first-order chi connectivity index (χ1) is 8.52. The van der Waals surface area contributed by atoms with Crippen molar-refractivity contribution in [2.24, 2.45) is 12.8 Å². The van der Waals surface area contributed by atoms with E-state index in [0.717, 1.165) is 4.57 Å². The molecule has 0 bridgehead atoms. The van der Waals surface area contributed by atoms with Gasteiger partial charge in [0.05, 0.1) is 11.3 Å². The molecule has 0 aliphatic rings. The van der Waals surface area contributed by atoms with Crippen molar-refractivity contribution in [3.05, 3.63) is 52.2 Å². The Hall–Kier alpha value is -2.50. The van der Waals surface area contributed by atoms with Crippen LogP contribution in [0.3, 0.4) is 0 Å². The van der Waals surface area contributed by atoms with Crippen molar-refractivity contribution >= 4 is 5.91 Å². The van der Waals surface area contributed by atoms with E-state index >= 15 is 0 Å². The summed E-state index contributed by atoms with van der Waals surface area (Å²) in [5.41, 5.74) is 4.89. The van der Waals surface area contributed by atoms with Gasteiger partial charge in [-0.25, -0.2) is 4.39 Å². The molecule has 2 aromatic heterocycles. The Balaban J connectivity index is 2.85. The largest absolute Gasteiger partial charge is 0.366 e. The molecular weight excluding hydrogens is 237 g/mol. The van der Waals surface area contributed by atoms with Gasteiger partial charge in [-0.1, -0.05) is 0 Å². The predicted molar refractivity (Wildman–Crippen MR) is 63.4 cm³/mol. The van der Waals surface area contributed by atoms with Gasteiger partial charge in [0.15, 0.2) is 5.82 Å². The maximum Gasteiger partial charge on any atom is 0.250 e. The van der Waals surface area contributed by atoms with Crippen molar-refractivity contribution in [2.75, 3.05) is 0 Å². The highest BCUT2D eigenvalue weighted by Crippen LogP contribution is 2.21. The van der Waals surface area contributed by atoms with Crippen molar-refractivity contribution in [1.82, 2.24) is 9.55 Å². The molecule has 0 saturated heterocycles. The molecule has 0 aromatic carbocycles. The minimum absolute atomic E-state index is 0.0506. The molecule has 5 nitrogen and oxygen atoms in total. The van der Waals surface area contributed by atoms with Crippen molar-refractivity contribution < 1.29 is 9.18 Å². The minimum atomic E-state index is -0.745. The molecule has 2 N–H and O–H groups in total. The van der Waals surface area contributed by atoms with Crippen LogP contribution in [0.5, 0.6) is 0 Å². The van der Waals surface area contributed by atoms with Gasteiger partial charge in [0.1, 0.15) is 5.69 Å². The summed E-state index contributed by atoms with van der Waals surface area (Å²) in [5, 5.41) is 0. The van der Waals surface area contributed by atoms with Crippen LogP contribution in [-0.4, -0.2) is 15.5 Å². The smallest absolute Gasteiger partial charge is 0.250 e. The monoisotopic (exact) mass is 247 g/mol. The Morgan fingerprint density at radius 1 is 1.39 bits per heavy atom. The number of carbonyl (C=O) groups excluding carboxylic acids is 1. The standard InChI is InChI=1S/C12H10FN3O2/c1-16-9(17)5-4-7(12(14)18)11(16)10-8(13)3-2-6-15-10/h2-6H,1H3,(H2,14,18). The van der Waals surface area contributed by atoms with Gasteiger partial charge in [0.25, 0.3) is 11.5 Å². The molecule has 2 rings (SSSR count). The van der Waals surface area contributed by atoms with E-state index in [9.17, 15) is 14.0 Å². The second-order valence-corrected chi connectivity index (χ2v) is 3.69. The first-order valence-corrected chi connectivity index (χ1v) is 5.13. The van der Waals surface area contributed by atoms with Crippen molar-refractivity contribution in [3.63, 3.8) is 0 Å². The number of aromatic nitrogens is 2. The van der Waals surface area contributed by atoms with Crippen LogP contribution in [-0.2, 0) is 7.05 Å². The number of hydrogen-bond acceptors (Lipinski definition) is 3. The third-order valence-corrected chi connectivity index (χ3v) is 2.56. The average molecular weight is 247 g/mol. The predicted octanol–water partition coefficient (Wildman–Crippen LogP) is 0.685. The lowest BCUT2D eigenvalue weighted by molar-refractivity contribution is 0.1000. The highest BCUT2D eigenvalue weighted by atomic mass is 19.1. The van der Waals surface area contributed by atoms with Crippen LogP contribution in [0, 0.1) is 5.82 Å². The van der Waals surface area contributed by atoms with Crippen LogP contribution in [0.1, 0.15) is 10.4 Å². The highest BCUT2D eigenvalue weighted by Gasteiger charge is 2.17. The first-order valence-electron chi connectivity index (χ1n) is 5.13. The van der Waals surface area contributed by atoms with E-state index in [4.69, 9.17) is 5.73 Å². The quantitative estimate of drug-likeness (QED) is 0.847. The second-order valence-electron chi connectivity index (χ2n) is 3.69. The molecule has 1 amide bonds. The Morgan fingerprint density at radius 3 is 2.72 bits per heavy atom. The molecule has 0 unspecified atom stereocenters.